The van der Waals surface area contributed by atoms with Crippen molar-refractivity contribution in [3.8, 4) is 39.5 Å². The Balaban J connectivity index is 0.000000201. The molecular formula is C40H29IrN3O-2. The first-order valence-corrected chi connectivity index (χ1v) is 14.3. The van der Waals surface area contributed by atoms with Crippen LogP contribution in [-0.4, -0.2) is 14.5 Å². The zero-order valence-electron chi connectivity index (χ0n) is 27.4. The molecule has 0 aliphatic carbocycles. The van der Waals surface area contributed by atoms with E-state index in [1.165, 1.54) is 22.9 Å². The van der Waals surface area contributed by atoms with Gasteiger partial charge in [-0.1, -0.05) is 101 Å². The molecule has 45 heavy (non-hydrogen) atoms. The second-order valence-electron chi connectivity index (χ2n) is 10.5. The monoisotopic (exact) mass is 763 g/mol. The van der Waals surface area contributed by atoms with Gasteiger partial charge in [-0.05, 0) is 60.4 Å². The summed E-state index contributed by atoms with van der Waals surface area (Å²) in [6.07, 6.45) is 4.50. The van der Waals surface area contributed by atoms with Crippen molar-refractivity contribution >= 4 is 22.0 Å². The van der Waals surface area contributed by atoms with Gasteiger partial charge in [0.05, 0.1) is 16.9 Å². The van der Waals surface area contributed by atoms with Crippen molar-refractivity contribution in [2.24, 2.45) is 0 Å². The summed E-state index contributed by atoms with van der Waals surface area (Å²) in [5.74, 6) is 0.831. The van der Waals surface area contributed by atoms with Crippen LogP contribution in [0, 0.1) is 26.1 Å². The Kier molecular flexibility index (Phi) is 7.76. The fourth-order valence-corrected chi connectivity index (χ4v) is 5.25. The van der Waals surface area contributed by atoms with E-state index < -0.39 is 6.85 Å². The molecule has 8 aromatic rings. The molecule has 0 fully saturated rings. The van der Waals surface area contributed by atoms with Crippen LogP contribution in [0.15, 0.2) is 144 Å². The van der Waals surface area contributed by atoms with Crippen molar-refractivity contribution in [1.29, 1.82) is 0 Å². The second kappa shape index (κ2) is 13.3. The van der Waals surface area contributed by atoms with Crippen LogP contribution in [0.2, 0.25) is 0 Å². The molecule has 3 heterocycles. The Morgan fingerprint density at radius 1 is 0.756 bits per heavy atom. The minimum atomic E-state index is -2.09. The molecule has 0 N–H and O–H groups in total. The van der Waals surface area contributed by atoms with Crippen LogP contribution in [-0.2, 0) is 20.1 Å². The number of aromatic nitrogens is 3. The summed E-state index contributed by atoms with van der Waals surface area (Å²) >= 11 is 0. The molecule has 0 saturated heterocycles. The van der Waals surface area contributed by atoms with Crippen LogP contribution >= 0.6 is 0 Å². The van der Waals surface area contributed by atoms with E-state index in [4.69, 9.17) is 13.5 Å². The molecule has 1 radical (unpaired) electrons. The summed E-state index contributed by atoms with van der Waals surface area (Å²) < 4.78 is 29.6. The first-order chi connectivity index (χ1) is 22.8. The van der Waals surface area contributed by atoms with Gasteiger partial charge < -0.3 is 14.0 Å². The van der Waals surface area contributed by atoms with Gasteiger partial charge >= 0.3 is 0 Å². The second-order valence-corrected chi connectivity index (χ2v) is 10.5. The van der Waals surface area contributed by atoms with Crippen molar-refractivity contribution in [2.45, 2.75) is 13.8 Å². The third kappa shape index (κ3) is 6.27. The first kappa shape index (κ1) is 26.3. The SMILES string of the molecule is Cc1ccc2o[c-]c(-c3nc4ccccc4n3-c3ccc(-c4ccccc4)cc3)c2c1.[2H]C([2H])([2H])c1ccc(-c2[c-]cccc2)nc1.[Ir]. The van der Waals surface area contributed by atoms with E-state index in [1.54, 1.807) is 18.2 Å². The number of imidazole rings is 1. The Morgan fingerprint density at radius 3 is 2.27 bits per heavy atom. The van der Waals surface area contributed by atoms with Crippen LogP contribution in [0.4, 0.5) is 0 Å². The molecule has 5 heteroatoms. The van der Waals surface area contributed by atoms with Crippen LogP contribution in [0.5, 0.6) is 0 Å². The Labute approximate surface area is 280 Å². The summed E-state index contributed by atoms with van der Waals surface area (Å²) in [5.41, 5.74) is 10.2. The molecule has 0 amide bonds. The van der Waals surface area contributed by atoms with Crippen molar-refractivity contribution in [2.75, 3.05) is 0 Å². The number of para-hydroxylation sites is 2. The van der Waals surface area contributed by atoms with Gasteiger partial charge in [-0.2, -0.15) is 0 Å². The minimum Gasteiger partial charge on any atom is -0.557 e. The molecule has 4 nitrogen and oxygen atoms in total. The van der Waals surface area contributed by atoms with Crippen LogP contribution < -0.4 is 0 Å². The quantitative estimate of drug-likeness (QED) is 0.168. The third-order valence-corrected chi connectivity index (χ3v) is 7.43. The fourth-order valence-electron chi connectivity index (χ4n) is 5.25. The molecule has 3 aromatic heterocycles. The average Bonchev–Trinajstić information content (AvgIpc) is 3.70. The smallest absolute Gasteiger partial charge is 0.0774 e. The van der Waals surface area contributed by atoms with E-state index in [0.29, 0.717) is 0 Å². The van der Waals surface area contributed by atoms with Gasteiger partial charge in [0.1, 0.15) is 0 Å². The number of rotatable bonds is 4. The van der Waals surface area contributed by atoms with Gasteiger partial charge in [0.25, 0.3) is 0 Å². The summed E-state index contributed by atoms with van der Waals surface area (Å²) in [6.45, 7) is -0.00651. The van der Waals surface area contributed by atoms with Crippen LogP contribution in [0.3, 0.4) is 0 Å². The van der Waals surface area contributed by atoms with E-state index in [-0.39, 0.29) is 25.7 Å². The molecule has 0 bridgehead atoms. The molecule has 0 atom stereocenters. The number of pyridine rings is 1. The summed E-state index contributed by atoms with van der Waals surface area (Å²) in [7, 11) is 0. The number of hydrogen-bond donors (Lipinski definition) is 0. The zero-order valence-corrected chi connectivity index (χ0v) is 26.8. The topological polar surface area (TPSA) is 43.9 Å². The maximum absolute atomic E-state index is 7.23. The number of benzene rings is 5. The Bertz CT molecular complexity index is 2280. The molecule has 0 unspecified atom stereocenters. The number of furan rings is 1. The number of nitrogens with zero attached hydrogens (tertiary/aromatic N) is 3. The van der Waals surface area contributed by atoms with E-state index >= 15 is 0 Å². The largest absolute Gasteiger partial charge is 0.557 e. The Morgan fingerprint density at radius 2 is 1.51 bits per heavy atom. The van der Waals surface area contributed by atoms with Crippen molar-refractivity contribution < 1.29 is 28.6 Å². The predicted molar refractivity (Wildman–Crippen MR) is 179 cm³/mol. The maximum atomic E-state index is 7.23. The molecule has 0 spiro atoms. The first-order valence-electron chi connectivity index (χ1n) is 15.8. The number of hydrogen-bond acceptors (Lipinski definition) is 3. The molecule has 8 rings (SSSR count). The van der Waals surface area contributed by atoms with Gasteiger partial charge in [0.2, 0.25) is 0 Å². The Hall–Kier alpha value is -5.09. The van der Waals surface area contributed by atoms with Gasteiger partial charge in [0.15, 0.2) is 0 Å². The van der Waals surface area contributed by atoms with Gasteiger partial charge in [-0.15, -0.1) is 35.9 Å². The summed E-state index contributed by atoms with van der Waals surface area (Å²) in [6, 6.07) is 47.2. The van der Waals surface area contributed by atoms with Crippen LogP contribution in [0.25, 0.3) is 61.5 Å². The molecule has 0 aliphatic heterocycles. The van der Waals surface area contributed by atoms with Crippen molar-refractivity contribution in [3.63, 3.8) is 0 Å². The molecule has 5 aromatic carbocycles. The molecule has 0 saturated carbocycles. The zero-order chi connectivity index (χ0) is 32.4. The average molecular weight is 763 g/mol. The minimum absolute atomic E-state index is 0. The van der Waals surface area contributed by atoms with E-state index in [1.807, 2.05) is 48.5 Å². The van der Waals surface area contributed by atoms with E-state index in [0.717, 1.165) is 50.3 Å². The van der Waals surface area contributed by atoms with Gasteiger partial charge in [-0.25, -0.2) is 0 Å². The standard InChI is InChI=1S/C28H19N2O.C12H10N.Ir/c1-19-11-16-27-23(17-19)24(18-31-27)28-29-25-9-5-6-10-26(25)30(28)22-14-12-21(13-15-22)20-7-3-2-4-8-20;1-10-7-8-12(13-9-10)11-5-3-2-4-6-11;/h2-17H,1H3;2-5,7-9H,1H3;/q2*-1;/i;1D3;. The number of aryl methyl sites for hydroxylation is 2. The molecular weight excluding hydrogens is 731 g/mol. The molecule has 221 valence electrons. The van der Waals surface area contributed by atoms with E-state index in [2.05, 4.69) is 95.5 Å². The summed E-state index contributed by atoms with van der Waals surface area (Å²) in [5, 5.41) is 1.03. The van der Waals surface area contributed by atoms with Gasteiger partial charge in [-0.3, -0.25) is 4.98 Å². The van der Waals surface area contributed by atoms with Crippen molar-refractivity contribution in [1.82, 2.24) is 14.5 Å². The number of fused-ring (bicyclic) bond motifs is 2. The maximum Gasteiger partial charge on any atom is 0.0774 e. The summed E-state index contributed by atoms with van der Waals surface area (Å²) in [4.78, 5) is 9.09. The van der Waals surface area contributed by atoms with Crippen LogP contribution in [0.1, 0.15) is 15.2 Å². The predicted octanol–water partition coefficient (Wildman–Crippen LogP) is 10.1. The normalized spacial score (nSPS) is 12.0. The van der Waals surface area contributed by atoms with Gasteiger partial charge in [0, 0.05) is 47.9 Å². The van der Waals surface area contributed by atoms with Crippen molar-refractivity contribution in [3.05, 3.63) is 163 Å². The van der Waals surface area contributed by atoms with E-state index in [9.17, 15) is 0 Å². The third-order valence-electron chi connectivity index (χ3n) is 7.43. The molecule has 0 aliphatic rings. The fraction of sp³-hybridized carbons (Fsp3) is 0.0500.